The lowest BCUT2D eigenvalue weighted by Crippen LogP contribution is -2.45. The number of hydrogen-bond donors (Lipinski definition) is 1. The van der Waals surface area contributed by atoms with Gasteiger partial charge in [0.1, 0.15) is 11.3 Å². The zero-order valence-electron chi connectivity index (χ0n) is 13.5. The van der Waals surface area contributed by atoms with E-state index in [0.717, 1.165) is 10.6 Å². The summed E-state index contributed by atoms with van der Waals surface area (Å²) in [6, 6.07) is 1.83. The highest BCUT2D eigenvalue weighted by Crippen LogP contribution is 2.42. The van der Waals surface area contributed by atoms with Crippen LogP contribution < -0.4 is 0 Å². The van der Waals surface area contributed by atoms with E-state index in [1.165, 1.54) is 11.3 Å². The smallest absolute Gasteiger partial charge is 0.311 e. The topological polar surface area (TPSA) is 92.9 Å². The molecule has 132 valence electrons. The molecule has 0 radical (unpaired) electrons. The van der Waals surface area contributed by atoms with Crippen molar-refractivity contribution in [2.75, 3.05) is 26.3 Å². The summed E-state index contributed by atoms with van der Waals surface area (Å²) in [5.41, 5.74) is 0.720. The zero-order valence-corrected chi connectivity index (χ0v) is 14.3. The van der Waals surface area contributed by atoms with Crippen LogP contribution in [0.1, 0.15) is 12.1 Å². The minimum atomic E-state index is -0.863. The van der Waals surface area contributed by atoms with Crippen molar-refractivity contribution >= 4 is 23.2 Å². The van der Waals surface area contributed by atoms with Crippen LogP contribution in [0.25, 0.3) is 10.6 Å². The van der Waals surface area contributed by atoms with Crippen molar-refractivity contribution in [2.45, 2.75) is 12.8 Å². The molecule has 2 aliphatic heterocycles. The Morgan fingerprint density at radius 2 is 2.36 bits per heavy atom. The number of furan rings is 1. The van der Waals surface area contributed by atoms with Crippen molar-refractivity contribution in [1.29, 1.82) is 0 Å². The Kier molecular flexibility index (Phi) is 4.09. The van der Waals surface area contributed by atoms with E-state index < -0.39 is 11.4 Å². The Hall–Kier alpha value is -2.19. The second-order valence-corrected chi connectivity index (χ2v) is 7.45. The molecular weight excluding hydrogens is 344 g/mol. The van der Waals surface area contributed by atoms with Crippen LogP contribution in [0, 0.1) is 11.3 Å². The SMILES string of the molecule is O=C(Cc1csc(-c2ccoc2)n1)N1C[C@H]2COCC[C@@]2(C(=O)O)C1. The zero-order chi connectivity index (χ0) is 17.4. The van der Waals surface area contributed by atoms with Gasteiger partial charge in [-0.1, -0.05) is 0 Å². The maximum absolute atomic E-state index is 12.7. The fourth-order valence-electron chi connectivity index (χ4n) is 3.66. The van der Waals surface area contributed by atoms with Gasteiger partial charge < -0.3 is 19.2 Å². The molecule has 0 aliphatic carbocycles. The standard InChI is InChI=1S/C17H18N2O5S/c20-14(5-13-9-25-15(18-13)11-1-3-23-7-11)19-6-12-8-24-4-2-17(12,10-19)16(21)22/h1,3,7,9,12H,2,4-6,8,10H2,(H,21,22)/t12-,17+/m0/s1. The molecule has 0 bridgehead atoms. The molecule has 2 aliphatic rings. The number of rotatable bonds is 4. The summed E-state index contributed by atoms with van der Waals surface area (Å²) in [4.78, 5) is 30.6. The molecule has 2 fully saturated rings. The lowest BCUT2D eigenvalue weighted by Gasteiger charge is -2.33. The number of nitrogens with zero attached hydrogens (tertiary/aromatic N) is 2. The molecule has 2 aromatic rings. The molecular formula is C17H18N2O5S. The van der Waals surface area contributed by atoms with Crippen LogP contribution >= 0.6 is 11.3 Å². The van der Waals surface area contributed by atoms with Crippen LogP contribution in [0.3, 0.4) is 0 Å². The van der Waals surface area contributed by atoms with E-state index in [0.29, 0.717) is 31.9 Å². The van der Waals surface area contributed by atoms with Crippen LogP contribution in [0.2, 0.25) is 0 Å². The van der Waals surface area contributed by atoms with Gasteiger partial charge >= 0.3 is 5.97 Å². The number of carboxylic acid groups (broad SMARTS) is 1. The predicted molar refractivity (Wildman–Crippen MR) is 89.1 cm³/mol. The highest BCUT2D eigenvalue weighted by atomic mass is 32.1. The monoisotopic (exact) mass is 362 g/mol. The molecule has 0 aromatic carbocycles. The molecule has 2 aromatic heterocycles. The lowest BCUT2D eigenvalue weighted by atomic mass is 9.74. The largest absolute Gasteiger partial charge is 0.481 e. The third-order valence-electron chi connectivity index (χ3n) is 5.14. The second kappa shape index (κ2) is 6.27. The van der Waals surface area contributed by atoms with E-state index in [1.807, 2.05) is 11.4 Å². The number of carbonyl (C=O) groups is 2. The summed E-state index contributed by atoms with van der Waals surface area (Å²) in [7, 11) is 0. The third kappa shape index (κ3) is 2.85. The number of aromatic nitrogens is 1. The molecule has 1 N–H and O–H groups in total. The highest BCUT2D eigenvalue weighted by molar-refractivity contribution is 7.13. The first-order valence-electron chi connectivity index (χ1n) is 8.14. The van der Waals surface area contributed by atoms with Gasteiger partial charge in [0.25, 0.3) is 0 Å². The van der Waals surface area contributed by atoms with Gasteiger partial charge in [0.05, 0.1) is 30.4 Å². The average molecular weight is 362 g/mol. The Balaban J connectivity index is 1.46. The fourth-order valence-corrected chi connectivity index (χ4v) is 4.47. The van der Waals surface area contributed by atoms with E-state index in [-0.39, 0.29) is 24.8 Å². The van der Waals surface area contributed by atoms with E-state index in [4.69, 9.17) is 9.15 Å². The van der Waals surface area contributed by atoms with Crippen LogP contribution in [-0.2, 0) is 20.7 Å². The van der Waals surface area contributed by atoms with Gasteiger partial charge in [0, 0.05) is 36.6 Å². The Morgan fingerprint density at radius 3 is 3.08 bits per heavy atom. The number of thiazole rings is 1. The summed E-state index contributed by atoms with van der Waals surface area (Å²) in [6.45, 7) is 1.53. The first-order valence-corrected chi connectivity index (χ1v) is 9.02. The average Bonchev–Trinajstić information content (AvgIpc) is 3.33. The highest BCUT2D eigenvalue weighted by Gasteiger charge is 2.54. The van der Waals surface area contributed by atoms with Crippen molar-refractivity contribution in [2.24, 2.45) is 11.3 Å². The maximum Gasteiger partial charge on any atom is 0.311 e. The second-order valence-electron chi connectivity index (χ2n) is 6.59. The summed E-state index contributed by atoms with van der Waals surface area (Å²) in [5.74, 6) is -1.05. The quantitative estimate of drug-likeness (QED) is 0.893. The first-order chi connectivity index (χ1) is 12.1. The van der Waals surface area contributed by atoms with Crippen molar-refractivity contribution in [1.82, 2.24) is 9.88 Å². The van der Waals surface area contributed by atoms with Crippen molar-refractivity contribution < 1.29 is 23.8 Å². The van der Waals surface area contributed by atoms with Gasteiger partial charge in [-0.15, -0.1) is 11.3 Å². The molecule has 0 saturated carbocycles. The summed E-state index contributed by atoms with van der Waals surface area (Å²) in [6.07, 6.45) is 3.84. The van der Waals surface area contributed by atoms with Gasteiger partial charge in [0.2, 0.25) is 5.91 Å². The molecule has 0 unspecified atom stereocenters. The van der Waals surface area contributed by atoms with E-state index in [9.17, 15) is 14.7 Å². The Bertz CT molecular complexity index is 787. The summed E-state index contributed by atoms with van der Waals surface area (Å²) in [5, 5.41) is 12.4. The van der Waals surface area contributed by atoms with Crippen molar-refractivity contribution in [3.8, 4) is 10.6 Å². The molecule has 1 amide bonds. The molecule has 8 heteroatoms. The van der Waals surface area contributed by atoms with E-state index >= 15 is 0 Å². The summed E-state index contributed by atoms with van der Waals surface area (Å²) < 4.78 is 10.5. The number of hydrogen-bond acceptors (Lipinski definition) is 6. The predicted octanol–water partition coefficient (Wildman–Crippen LogP) is 1.90. The lowest BCUT2D eigenvalue weighted by molar-refractivity contribution is -0.157. The number of fused-ring (bicyclic) bond motifs is 1. The number of likely N-dealkylation sites (tertiary alicyclic amines) is 1. The normalized spacial score (nSPS) is 25.8. The first kappa shape index (κ1) is 16.3. The number of aliphatic carboxylic acids is 1. The van der Waals surface area contributed by atoms with Gasteiger partial charge in [-0.2, -0.15) is 0 Å². The number of ether oxygens (including phenoxy) is 1. The van der Waals surface area contributed by atoms with E-state index in [2.05, 4.69) is 4.98 Å². The van der Waals surface area contributed by atoms with Crippen LogP contribution in [0.5, 0.6) is 0 Å². The Labute approximate surface area is 148 Å². The maximum atomic E-state index is 12.7. The fraction of sp³-hybridized carbons (Fsp3) is 0.471. The van der Waals surface area contributed by atoms with Crippen LogP contribution in [0.15, 0.2) is 28.4 Å². The molecule has 25 heavy (non-hydrogen) atoms. The minimum Gasteiger partial charge on any atom is -0.481 e. The summed E-state index contributed by atoms with van der Waals surface area (Å²) >= 11 is 1.46. The molecule has 2 atom stereocenters. The minimum absolute atomic E-state index is 0.0842. The van der Waals surface area contributed by atoms with Crippen molar-refractivity contribution in [3.05, 3.63) is 29.7 Å². The van der Waals surface area contributed by atoms with Gasteiger partial charge in [-0.05, 0) is 12.5 Å². The van der Waals surface area contributed by atoms with Crippen LogP contribution in [0.4, 0.5) is 0 Å². The third-order valence-corrected chi connectivity index (χ3v) is 6.08. The van der Waals surface area contributed by atoms with Crippen LogP contribution in [-0.4, -0.2) is 53.2 Å². The van der Waals surface area contributed by atoms with Gasteiger partial charge in [-0.3, -0.25) is 9.59 Å². The number of amides is 1. The molecule has 7 nitrogen and oxygen atoms in total. The van der Waals surface area contributed by atoms with Gasteiger partial charge in [-0.25, -0.2) is 4.98 Å². The molecule has 2 saturated heterocycles. The van der Waals surface area contributed by atoms with E-state index in [1.54, 1.807) is 17.4 Å². The molecule has 4 rings (SSSR count). The molecule has 4 heterocycles. The molecule has 0 spiro atoms. The Morgan fingerprint density at radius 1 is 1.48 bits per heavy atom. The number of carbonyl (C=O) groups excluding carboxylic acids is 1. The van der Waals surface area contributed by atoms with Gasteiger partial charge in [0.15, 0.2) is 0 Å². The number of carboxylic acids is 1. The van der Waals surface area contributed by atoms with Crippen molar-refractivity contribution in [3.63, 3.8) is 0 Å².